The predicted molar refractivity (Wildman–Crippen MR) is 229 cm³/mol. The number of halogens is 2. The Bertz CT molecular complexity index is 1010. The van der Waals surface area contributed by atoms with Gasteiger partial charge in [0.1, 0.15) is 13.1 Å². The Morgan fingerprint density at radius 2 is 0.667 bits per heavy atom. The van der Waals surface area contributed by atoms with Gasteiger partial charge >= 0.3 is 0 Å². The van der Waals surface area contributed by atoms with Crippen LogP contribution in [0.2, 0.25) is 0 Å². The number of nitrogens with zero attached hydrogens (tertiary/aromatic N) is 2. The molecule has 0 bridgehead atoms. The third kappa shape index (κ3) is 23.2. The number of aromatic nitrogens is 2. The molecule has 2 rings (SSSR count). The molecule has 2 aromatic heterocycles. The maximum absolute atomic E-state index is 2.55. The second kappa shape index (κ2) is 36.2. The molecule has 54 heavy (non-hydrogen) atoms. The SMILES string of the molecule is CCCCCc1c[n+](CCCCCCCCCCCC[n+]2ccc(C(CCCC)CCCC)c(CCCCC)c2)ccc1C(CCCC)CCCC.[Cl-].[Cl-]. The highest BCUT2D eigenvalue weighted by Gasteiger charge is 2.19. The number of aryl methyl sites for hydroxylation is 4. The molecule has 0 aliphatic heterocycles. The molecule has 0 spiro atoms. The maximum atomic E-state index is 2.55. The molecule has 0 amide bonds. The van der Waals surface area contributed by atoms with E-state index in [1.165, 1.54) is 206 Å². The third-order valence-electron chi connectivity index (χ3n) is 12.0. The van der Waals surface area contributed by atoms with E-state index in [0.29, 0.717) is 0 Å². The van der Waals surface area contributed by atoms with Crippen LogP contribution in [0.4, 0.5) is 0 Å². The van der Waals surface area contributed by atoms with Gasteiger partial charge in [0.25, 0.3) is 0 Å². The van der Waals surface area contributed by atoms with Crippen molar-refractivity contribution in [3.8, 4) is 0 Å². The van der Waals surface area contributed by atoms with E-state index in [-0.39, 0.29) is 24.8 Å². The molecule has 0 aliphatic carbocycles. The second-order valence-corrected chi connectivity index (χ2v) is 16.7. The summed E-state index contributed by atoms with van der Waals surface area (Å²) in [4.78, 5) is 0. The standard InChI is InChI=1S/C50H90N2.2ClH/c1-7-13-27-35-47-43-51(41-37-49(47)45(31-15-9-3)32-16-10-4)39-29-25-23-21-19-20-22-24-26-30-40-52-42-38-50(48(44-52)36-28-14-8-2)46(33-17-11-5)34-18-12-6;;/h37-38,41-46H,7-36,39-40H2,1-6H3;2*1H/q+2;;/p-2. The number of rotatable bonds is 35. The summed E-state index contributed by atoms with van der Waals surface area (Å²) >= 11 is 0. The van der Waals surface area contributed by atoms with E-state index in [9.17, 15) is 0 Å². The first-order chi connectivity index (χ1) is 25.6. The molecule has 0 unspecified atom stereocenters. The normalized spacial score (nSPS) is 11.3. The third-order valence-corrected chi connectivity index (χ3v) is 12.0. The van der Waals surface area contributed by atoms with Gasteiger partial charge in [0.15, 0.2) is 24.8 Å². The van der Waals surface area contributed by atoms with Gasteiger partial charge in [-0.1, -0.05) is 157 Å². The molecule has 2 aromatic rings. The van der Waals surface area contributed by atoms with Gasteiger partial charge in [-0.15, -0.1) is 0 Å². The quantitative estimate of drug-likeness (QED) is 0.0486. The molecule has 314 valence electrons. The fraction of sp³-hybridized carbons (Fsp3) is 0.800. The van der Waals surface area contributed by atoms with Gasteiger partial charge in [-0.05, 0) is 87.2 Å². The van der Waals surface area contributed by atoms with Gasteiger partial charge in [0.05, 0.1) is 0 Å². The van der Waals surface area contributed by atoms with Crippen LogP contribution < -0.4 is 33.9 Å². The van der Waals surface area contributed by atoms with Crippen LogP contribution in [0, 0.1) is 0 Å². The lowest BCUT2D eigenvalue weighted by Gasteiger charge is -2.20. The number of hydrogen-bond acceptors (Lipinski definition) is 0. The number of pyridine rings is 2. The molecule has 0 N–H and O–H groups in total. The van der Waals surface area contributed by atoms with E-state index in [1.54, 1.807) is 22.3 Å². The van der Waals surface area contributed by atoms with Gasteiger partial charge < -0.3 is 24.8 Å². The molecule has 0 fully saturated rings. The van der Waals surface area contributed by atoms with Crippen LogP contribution in [0.1, 0.15) is 255 Å². The summed E-state index contributed by atoms with van der Waals surface area (Å²) in [6.07, 6.45) is 50.6. The van der Waals surface area contributed by atoms with E-state index in [4.69, 9.17) is 0 Å². The topological polar surface area (TPSA) is 7.76 Å². The lowest BCUT2D eigenvalue weighted by molar-refractivity contribution is -0.698. The first-order valence-electron chi connectivity index (χ1n) is 23.6. The zero-order valence-corrected chi connectivity index (χ0v) is 38.4. The molecule has 2 nitrogen and oxygen atoms in total. The summed E-state index contributed by atoms with van der Waals surface area (Å²) in [5.74, 6) is 1.53. The summed E-state index contributed by atoms with van der Waals surface area (Å²) in [7, 11) is 0. The lowest BCUT2D eigenvalue weighted by Crippen LogP contribution is -3.00. The van der Waals surface area contributed by atoms with Crippen LogP contribution in [0.25, 0.3) is 0 Å². The minimum atomic E-state index is 0. The van der Waals surface area contributed by atoms with Crippen molar-refractivity contribution >= 4 is 0 Å². The average Bonchev–Trinajstić information content (AvgIpc) is 3.16. The largest absolute Gasteiger partial charge is 1.00 e. The molecule has 0 atom stereocenters. The Balaban J connectivity index is 0.0000140. The van der Waals surface area contributed by atoms with Gasteiger partial charge in [-0.2, -0.15) is 0 Å². The molecule has 4 heteroatoms. The van der Waals surface area contributed by atoms with Crippen molar-refractivity contribution in [2.24, 2.45) is 0 Å². The fourth-order valence-electron chi connectivity index (χ4n) is 8.54. The smallest absolute Gasteiger partial charge is 0.172 e. The van der Waals surface area contributed by atoms with Gasteiger partial charge in [0, 0.05) is 36.1 Å². The highest BCUT2D eigenvalue weighted by atomic mass is 35.5. The Morgan fingerprint density at radius 1 is 0.370 bits per heavy atom. The van der Waals surface area contributed by atoms with E-state index in [2.05, 4.69) is 87.6 Å². The molecule has 0 saturated carbocycles. The minimum absolute atomic E-state index is 0. The van der Waals surface area contributed by atoms with E-state index < -0.39 is 0 Å². The van der Waals surface area contributed by atoms with Crippen molar-refractivity contribution < 1.29 is 33.9 Å². The van der Waals surface area contributed by atoms with Crippen molar-refractivity contribution in [1.82, 2.24) is 0 Å². The fourth-order valence-corrected chi connectivity index (χ4v) is 8.54. The molecule has 0 aromatic carbocycles. The van der Waals surface area contributed by atoms with E-state index in [1.807, 2.05) is 0 Å². The van der Waals surface area contributed by atoms with Crippen LogP contribution in [0.5, 0.6) is 0 Å². The van der Waals surface area contributed by atoms with Crippen molar-refractivity contribution in [2.45, 2.75) is 259 Å². The predicted octanol–water partition coefficient (Wildman–Crippen LogP) is 9.26. The zero-order valence-electron chi connectivity index (χ0n) is 36.9. The molecule has 0 radical (unpaired) electrons. The number of unbranched alkanes of at least 4 members (excludes halogenated alkanes) is 17. The Labute approximate surface area is 350 Å². The van der Waals surface area contributed by atoms with Crippen molar-refractivity contribution in [2.75, 3.05) is 0 Å². The van der Waals surface area contributed by atoms with Crippen LogP contribution in [-0.4, -0.2) is 0 Å². The van der Waals surface area contributed by atoms with Crippen LogP contribution >= 0.6 is 0 Å². The summed E-state index contributed by atoms with van der Waals surface area (Å²) in [6.45, 7) is 16.4. The second-order valence-electron chi connectivity index (χ2n) is 16.7. The molecule has 2 heterocycles. The zero-order chi connectivity index (χ0) is 37.5. The molecule has 0 aliphatic rings. The lowest BCUT2D eigenvalue weighted by atomic mass is 9.85. The Hall–Kier alpha value is -1.12. The first-order valence-corrected chi connectivity index (χ1v) is 23.6. The van der Waals surface area contributed by atoms with E-state index in [0.717, 1.165) is 11.8 Å². The van der Waals surface area contributed by atoms with Crippen LogP contribution in [0.3, 0.4) is 0 Å². The molecular formula is C50H90Cl2N2. The van der Waals surface area contributed by atoms with Crippen molar-refractivity contribution in [1.29, 1.82) is 0 Å². The summed E-state index contributed by atoms with van der Waals surface area (Å²) < 4.78 is 5.05. The van der Waals surface area contributed by atoms with Gasteiger partial charge in [-0.3, -0.25) is 0 Å². The maximum Gasteiger partial charge on any atom is 0.172 e. The van der Waals surface area contributed by atoms with Gasteiger partial charge in [0.2, 0.25) is 0 Å². The summed E-state index contributed by atoms with van der Waals surface area (Å²) in [5.41, 5.74) is 6.68. The highest BCUT2D eigenvalue weighted by Crippen LogP contribution is 2.32. The Morgan fingerprint density at radius 3 is 0.963 bits per heavy atom. The summed E-state index contributed by atoms with van der Waals surface area (Å²) in [6, 6.07) is 5.05. The van der Waals surface area contributed by atoms with Crippen LogP contribution in [-0.2, 0) is 25.9 Å². The monoisotopic (exact) mass is 789 g/mol. The molecular weight excluding hydrogens is 699 g/mol. The Kier molecular flexibility index (Phi) is 35.5. The molecule has 0 saturated heterocycles. The van der Waals surface area contributed by atoms with E-state index >= 15 is 0 Å². The minimum Gasteiger partial charge on any atom is -1.00 e. The van der Waals surface area contributed by atoms with Gasteiger partial charge in [-0.25, -0.2) is 9.13 Å². The summed E-state index contributed by atoms with van der Waals surface area (Å²) in [5, 5.41) is 0. The first kappa shape index (κ1) is 52.9. The number of hydrogen-bond donors (Lipinski definition) is 0. The van der Waals surface area contributed by atoms with Crippen LogP contribution in [0.15, 0.2) is 36.9 Å². The van der Waals surface area contributed by atoms with Crippen molar-refractivity contribution in [3.63, 3.8) is 0 Å². The van der Waals surface area contributed by atoms with Crippen molar-refractivity contribution in [3.05, 3.63) is 59.2 Å². The highest BCUT2D eigenvalue weighted by molar-refractivity contribution is 5.27. The average molecular weight is 790 g/mol.